The molecule has 1 aliphatic rings. The Bertz CT molecular complexity index is 158. The van der Waals surface area contributed by atoms with E-state index >= 15 is 0 Å². The highest BCUT2D eigenvalue weighted by Gasteiger charge is 2.29. The first-order valence-electron chi connectivity index (χ1n) is 6.05. The summed E-state index contributed by atoms with van der Waals surface area (Å²) in [4.78, 5) is 2.48. The van der Waals surface area contributed by atoms with Crippen LogP contribution in [0.1, 0.15) is 46.5 Å². The quantitative estimate of drug-likeness (QED) is 0.734. The predicted molar refractivity (Wildman–Crippen MR) is 60.3 cm³/mol. The summed E-state index contributed by atoms with van der Waals surface area (Å²) in [6, 6.07) is 0.647. The minimum absolute atomic E-state index is 0.0706. The smallest absolute Gasteiger partial charge is 0.0682 e. The summed E-state index contributed by atoms with van der Waals surface area (Å²) >= 11 is 0. The highest BCUT2D eigenvalue weighted by Crippen LogP contribution is 2.22. The number of nitrogens with zero attached hydrogens (tertiary/aromatic N) is 1. The third-order valence-electron chi connectivity index (χ3n) is 3.12. The van der Waals surface area contributed by atoms with Crippen molar-refractivity contribution in [2.45, 2.75) is 58.6 Å². The van der Waals surface area contributed by atoms with Crippen molar-refractivity contribution in [2.24, 2.45) is 5.92 Å². The Morgan fingerprint density at radius 1 is 1.43 bits per heavy atom. The summed E-state index contributed by atoms with van der Waals surface area (Å²) in [7, 11) is 0. The van der Waals surface area contributed by atoms with Crippen molar-refractivity contribution in [2.75, 3.05) is 13.1 Å². The summed E-state index contributed by atoms with van der Waals surface area (Å²) < 4.78 is 0. The number of aliphatic hydroxyl groups excluding tert-OH is 1. The monoisotopic (exact) mass is 199 g/mol. The summed E-state index contributed by atoms with van der Waals surface area (Å²) in [5, 5.41) is 9.62. The Hall–Kier alpha value is -0.0800. The van der Waals surface area contributed by atoms with Crippen molar-refractivity contribution in [1.29, 1.82) is 0 Å². The zero-order valence-corrected chi connectivity index (χ0v) is 9.87. The maximum Gasteiger partial charge on any atom is 0.0682 e. The van der Waals surface area contributed by atoms with Crippen LogP contribution in [0.25, 0.3) is 0 Å². The van der Waals surface area contributed by atoms with Crippen LogP contribution in [0.15, 0.2) is 0 Å². The lowest BCUT2D eigenvalue weighted by Crippen LogP contribution is -2.31. The summed E-state index contributed by atoms with van der Waals surface area (Å²) in [6.07, 6.45) is 4.66. The molecule has 0 saturated carbocycles. The van der Waals surface area contributed by atoms with Gasteiger partial charge in [-0.2, -0.15) is 0 Å². The second kappa shape index (κ2) is 5.72. The average Bonchev–Trinajstić information content (AvgIpc) is 2.44. The van der Waals surface area contributed by atoms with Gasteiger partial charge in [0, 0.05) is 12.6 Å². The van der Waals surface area contributed by atoms with Crippen molar-refractivity contribution < 1.29 is 5.11 Å². The van der Waals surface area contributed by atoms with Gasteiger partial charge in [-0.1, -0.05) is 27.2 Å². The first kappa shape index (κ1) is 12.0. The van der Waals surface area contributed by atoms with E-state index in [1.54, 1.807) is 0 Å². The van der Waals surface area contributed by atoms with Crippen LogP contribution >= 0.6 is 0 Å². The topological polar surface area (TPSA) is 23.5 Å². The lowest BCUT2D eigenvalue weighted by molar-refractivity contribution is 0.172. The van der Waals surface area contributed by atoms with Crippen molar-refractivity contribution in [1.82, 2.24) is 4.90 Å². The molecule has 0 bridgehead atoms. The summed E-state index contributed by atoms with van der Waals surface area (Å²) in [6.45, 7) is 8.82. The van der Waals surface area contributed by atoms with Crippen molar-refractivity contribution in [3.05, 3.63) is 0 Å². The minimum atomic E-state index is -0.0706. The third kappa shape index (κ3) is 3.58. The fraction of sp³-hybridized carbons (Fsp3) is 1.00. The van der Waals surface area contributed by atoms with Crippen LogP contribution in [0, 0.1) is 5.92 Å². The lowest BCUT2D eigenvalue weighted by Gasteiger charge is -2.24. The molecule has 1 fully saturated rings. The third-order valence-corrected chi connectivity index (χ3v) is 3.12. The van der Waals surface area contributed by atoms with Crippen LogP contribution < -0.4 is 0 Å². The van der Waals surface area contributed by atoms with Gasteiger partial charge < -0.3 is 5.11 Å². The van der Waals surface area contributed by atoms with E-state index in [1.165, 1.54) is 25.8 Å². The fourth-order valence-electron chi connectivity index (χ4n) is 2.29. The minimum Gasteiger partial charge on any atom is -0.392 e. The predicted octanol–water partition coefficient (Wildman–Crippen LogP) is 2.27. The normalized spacial score (nSPS) is 28.9. The highest BCUT2D eigenvalue weighted by atomic mass is 16.3. The van der Waals surface area contributed by atoms with Gasteiger partial charge in [-0.25, -0.2) is 0 Å². The van der Waals surface area contributed by atoms with E-state index in [0.717, 1.165) is 18.9 Å². The summed E-state index contributed by atoms with van der Waals surface area (Å²) in [5.41, 5.74) is 0. The van der Waals surface area contributed by atoms with Crippen molar-refractivity contribution in [3.63, 3.8) is 0 Å². The molecule has 0 aromatic carbocycles. The van der Waals surface area contributed by atoms with Gasteiger partial charge in [0.1, 0.15) is 0 Å². The van der Waals surface area contributed by atoms with Gasteiger partial charge in [-0.05, 0) is 31.7 Å². The molecule has 0 aliphatic carbocycles. The van der Waals surface area contributed by atoms with Gasteiger partial charge in [0.05, 0.1) is 6.10 Å². The van der Waals surface area contributed by atoms with Gasteiger partial charge >= 0.3 is 0 Å². The maximum atomic E-state index is 9.62. The van der Waals surface area contributed by atoms with Crippen molar-refractivity contribution in [3.8, 4) is 0 Å². The Labute approximate surface area is 88.3 Å². The molecule has 0 radical (unpaired) electrons. The van der Waals surface area contributed by atoms with E-state index in [4.69, 9.17) is 0 Å². The van der Waals surface area contributed by atoms with E-state index in [9.17, 15) is 5.11 Å². The number of hydrogen-bond donors (Lipinski definition) is 1. The molecule has 1 heterocycles. The zero-order valence-electron chi connectivity index (χ0n) is 9.87. The molecule has 2 nitrogen and oxygen atoms in total. The largest absolute Gasteiger partial charge is 0.392 e. The Morgan fingerprint density at radius 3 is 2.71 bits per heavy atom. The molecule has 0 aromatic rings. The molecule has 0 spiro atoms. The number of likely N-dealkylation sites (tertiary alicyclic amines) is 1. The molecule has 2 unspecified atom stereocenters. The molecule has 1 N–H and O–H groups in total. The highest BCUT2D eigenvalue weighted by molar-refractivity contribution is 4.84. The number of aliphatic hydroxyl groups is 1. The maximum absolute atomic E-state index is 9.62. The van der Waals surface area contributed by atoms with Crippen LogP contribution in [-0.2, 0) is 0 Å². The van der Waals surface area contributed by atoms with E-state index in [2.05, 4.69) is 25.7 Å². The molecule has 0 aromatic heterocycles. The van der Waals surface area contributed by atoms with E-state index < -0.39 is 0 Å². The molecule has 14 heavy (non-hydrogen) atoms. The molecule has 2 atom stereocenters. The summed E-state index contributed by atoms with van der Waals surface area (Å²) in [5.74, 6) is 0.773. The van der Waals surface area contributed by atoms with Crippen LogP contribution in [0.5, 0.6) is 0 Å². The van der Waals surface area contributed by atoms with Gasteiger partial charge in [0.15, 0.2) is 0 Å². The Balaban J connectivity index is 2.33. The van der Waals surface area contributed by atoms with Crippen LogP contribution in [0.3, 0.4) is 0 Å². The fourth-order valence-corrected chi connectivity index (χ4v) is 2.29. The first-order chi connectivity index (χ1) is 6.63. The lowest BCUT2D eigenvalue weighted by atomic mass is 10.1. The number of β-amino-alcohol motifs (C(OH)–C–C–N with tert-alkyl or cyclic N) is 1. The number of hydrogen-bond acceptors (Lipinski definition) is 2. The zero-order chi connectivity index (χ0) is 10.6. The van der Waals surface area contributed by atoms with E-state index in [-0.39, 0.29) is 6.10 Å². The average molecular weight is 199 g/mol. The van der Waals surface area contributed by atoms with Crippen molar-refractivity contribution >= 4 is 0 Å². The molecule has 1 rings (SSSR count). The van der Waals surface area contributed by atoms with Crippen LogP contribution in [-0.4, -0.2) is 35.2 Å². The molecule has 1 aliphatic heterocycles. The molecule has 84 valence electrons. The number of rotatable bonds is 5. The second-order valence-corrected chi connectivity index (χ2v) is 5.01. The van der Waals surface area contributed by atoms with Crippen LogP contribution in [0.4, 0.5) is 0 Å². The molecule has 1 saturated heterocycles. The van der Waals surface area contributed by atoms with E-state index in [1.807, 2.05) is 0 Å². The van der Waals surface area contributed by atoms with Crippen LogP contribution in [0.2, 0.25) is 0 Å². The van der Waals surface area contributed by atoms with Gasteiger partial charge in [0.25, 0.3) is 0 Å². The molecular weight excluding hydrogens is 174 g/mol. The second-order valence-electron chi connectivity index (χ2n) is 5.01. The molecular formula is C12H25NO. The SMILES string of the molecule is CCCC1CC(O)CN1CCC(C)C. The Kier molecular flexibility index (Phi) is 4.90. The van der Waals surface area contributed by atoms with Gasteiger partial charge in [-0.15, -0.1) is 0 Å². The Morgan fingerprint density at radius 2 is 2.14 bits per heavy atom. The molecule has 0 amide bonds. The standard InChI is InChI=1S/C12H25NO/c1-4-5-11-8-12(14)9-13(11)7-6-10(2)3/h10-12,14H,4-9H2,1-3H3. The first-order valence-corrected chi connectivity index (χ1v) is 6.05. The van der Waals surface area contributed by atoms with Gasteiger partial charge in [0.2, 0.25) is 0 Å². The van der Waals surface area contributed by atoms with E-state index in [0.29, 0.717) is 6.04 Å². The molecule has 2 heteroatoms. The van der Waals surface area contributed by atoms with Gasteiger partial charge in [-0.3, -0.25) is 4.90 Å².